The number of benzene rings is 1. The van der Waals surface area contributed by atoms with Gasteiger partial charge in [0.25, 0.3) is 0 Å². The fraction of sp³-hybridized carbons (Fsp3) is 0.654. The molecule has 2 amide bonds. The first-order chi connectivity index (χ1) is 16.0. The third kappa shape index (κ3) is 4.12. The molecule has 4 rings (SSSR count). The molecule has 2 atom stereocenters. The predicted molar refractivity (Wildman–Crippen MR) is 129 cm³/mol. The van der Waals surface area contributed by atoms with Crippen LogP contribution in [0.5, 0.6) is 0 Å². The molecule has 186 valence electrons. The fourth-order valence-electron chi connectivity index (χ4n) is 5.88. The van der Waals surface area contributed by atoms with E-state index in [9.17, 15) is 19.5 Å². The SMILES string of the molecule is CCOC(=O)N1CC2(CC2)C[C@](C(=O)O)(C(C)(C)C)[C@H]1C(=O)N1CCN(c2ccccc2)CC1. The van der Waals surface area contributed by atoms with Crippen molar-refractivity contribution in [2.24, 2.45) is 16.2 Å². The van der Waals surface area contributed by atoms with Crippen LogP contribution in [0.1, 0.15) is 47.0 Å². The van der Waals surface area contributed by atoms with E-state index in [-0.39, 0.29) is 17.9 Å². The Morgan fingerprint density at radius 2 is 1.68 bits per heavy atom. The van der Waals surface area contributed by atoms with Crippen molar-refractivity contribution in [3.05, 3.63) is 30.3 Å². The van der Waals surface area contributed by atoms with Crippen LogP contribution in [0.25, 0.3) is 0 Å². The number of carboxylic acids is 1. The Morgan fingerprint density at radius 1 is 1.06 bits per heavy atom. The lowest BCUT2D eigenvalue weighted by Gasteiger charge is -2.55. The lowest BCUT2D eigenvalue weighted by Crippen LogP contribution is -2.70. The summed E-state index contributed by atoms with van der Waals surface area (Å²) in [6, 6.07) is 8.95. The lowest BCUT2D eigenvalue weighted by molar-refractivity contribution is -0.181. The summed E-state index contributed by atoms with van der Waals surface area (Å²) in [6.07, 6.45) is 1.54. The molecular weight excluding hydrogens is 434 g/mol. The molecule has 8 nitrogen and oxygen atoms in total. The zero-order chi connectivity index (χ0) is 24.7. The molecule has 8 heteroatoms. The molecule has 2 aliphatic heterocycles. The largest absolute Gasteiger partial charge is 0.481 e. The molecule has 34 heavy (non-hydrogen) atoms. The number of carboxylic acid groups (broad SMARTS) is 1. The van der Waals surface area contributed by atoms with E-state index in [1.807, 2.05) is 51.1 Å². The van der Waals surface area contributed by atoms with E-state index in [4.69, 9.17) is 4.74 Å². The van der Waals surface area contributed by atoms with Crippen LogP contribution in [0.15, 0.2) is 30.3 Å². The summed E-state index contributed by atoms with van der Waals surface area (Å²) >= 11 is 0. The molecule has 1 saturated carbocycles. The van der Waals surface area contributed by atoms with Gasteiger partial charge < -0.3 is 19.6 Å². The van der Waals surface area contributed by atoms with E-state index in [1.54, 1.807) is 11.8 Å². The molecule has 0 bridgehead atoms. The van der Waals surface area contributed by atoms with Gasteiger partial charge in [0, 0.05) is 38.4 Å². The molecule has 3 aliphatic rings. The van der Waals surface area contributed by atoms with E-state index < -0.39 is 28.9 Å². The van der Waals surface area contributed by atoms with Gasteiger partial charge >= 0.3 is 12.1 Å². The van der Waals surface area contributed by atoms with E-state index >= 15 is 0 Å². The number of carbonyl (C=O) groups excluding carboxylic acids is 2. The van der Waals surface area contributed by atoms with Crippen molar-refractivity contribution in [1.29, 1.82) is 0 Å². The molecule has 2 heterocycles. The minimum atomic E-state index is -1.40. The Bertz CT molecular complexity index is 932. The predicted octanol–water partition coefficient (Wildman–Crippen LogP) is 3.46. The number of piperidine rings is 1. The van der Waals surface area contributed by atoms with Crippen molar-refractivity contribution in [3.63, 3.8) is 0 Å². The molecule has 1 aromatic rings. The van der Waals surface area contributed by atoms with Crippen molar-refractivity contribution >= 4 is 23.7 Å². The van der Waals surface area contributed by atoms with Crippen LogP contribution in [0.3, 0.4) is 0 Å². The Balaban J connectivity index is 1.66. The maximum Gasteiger partial charge on any atom is 0.410 e. The Morgan fingerprint density at radius 3 is 2.18 bits per heavy atom. The van der Waals surface area contributed by atoms with Gasteiger partial charge in [0.05, 0.1) is 6.61 Å². The zero-order valence-corrected chi connectivity index (χ0v) is 20.7. The van der Waals surface area contributed by atoms with Crippen molar-refractivity contribution in [1.82, 2.24) is 9.80 Å². The number of hydrogen-bond acceptors (Lipinski definition) is 5. The second-order valence-corrected chi connectivity index (χ2v) is 11.1. The van der Waals surface area contributed by atoms with Gasteiger partial charge in [-0.2, -0.15) is 0 Å². The molecule has 1 aromatic carbocycles. The van der Waals surface area contributed by atoms with Crippen molar-refractivity contribution in [2.45, 2.75) is 53.0 Å². The number of anilines is 1. The van der Waals surface area contributed by atoms with Gasteiger partial charge in [-0.15, -0.1) is 0 Å². The van der Waals surface area contributed by atoms with Crippen LogP contribution in [0, 0.1) is 16.2 Å². The summed E-state index contributed by atoms with van der Waals surface area (Å²) in [5.41, 5.74) is -1.29. The molecule has 3 fully saturated rings. The van der Waals surface area contributed by atoms with E-state index in [1.165, 1.54) is 4.90 Å². The van der Waals surface area contributed by atoms with Gasteiger partial charge in [0.1, 0.15) is 11.5 Å². The highest BCUT2D eigenvalue weighted by molar-refractivity contribution is 5.94. The molecule has 1 aliphatic carbocycles. The maximum atomic E-state index is 14.1. The summed E-state index contributed by atoms with van der Waals surface area (Å²) in [6.45, 7) is 10.2. The van der Waals surface area contributed by atoms with Gasteiger partial charge in [0.2, 0.25) is 5.91 Å². The quantitative estimate of drug-likeness (QED) is 0.723. The highest BCUT2D eigenvalue weighted by Crippen LogP contribution is 2.63. The normalized spacial score (nSPS) is 26.4. The summed E-state index contributed by atoms with van der Waals surface area (Å²) in [4.78, 5) is 45.7. The van der Waals surface area contributed by atoms with Crippen molar-refractivity contribution < 1.29 is 24.2 Å². The Labute approximate surface area is 201 Å². The van der Waals surface area contributed by atoms with Crippen LogP contribution >= 0.6 is 0 Å². The van der Waals surface area contributed by atoms with Crippen LogP contribution in [-0.4, -0.2) is 78.2 Å². The highest BCUT2D eigenvalue weighted by Gasteiger charge is 2.69. The first-order valence-corrected chi connectivity index (χ1v) is 12.3. The first-order valence-electron chi connectivity index (χ1n) is 12.3. The van der Waals surface area contributed by atoms with Gasteiger partial charge in [0.15, 0.2) is 0 Å². The summed E-state index contributed by atoms with van der Waals surface area (Å²) in [5.74, 6) is -1.30. The number of para-hydroxylation sites is 1. The molecule has 1 spiro atoms. The van der Waals surface area contributed by atoms with Crippen LogP contribution in [0.4, 0.5) is 10.5 Å². The number of carbonyl (C=O) groups is 3. The number of rotatable bonds is 4. The maximum absolute atomic E-state index is 14.1. The molecule has 1 N–H and O–H groups in total. The van der Waals surface area contributed by atoms with Crippen molar-refractivity contribution in [2.75, 3.05) is 44.2 Å². The van der Waals surface area contributed by atoms with Gasteiger partial charge in [-0.3, -0.25) is 14.5 Å². The molecule has 0 radical (unpaired) electrons. The summed E-state index contributed by atoms with van der Waals surface area (Å²) < 4.78 is 5.35. The number of ether oxygens (including phenoxy) is 1. The van der Waals surface area contributed by atoms with Gasteiger partial charge in [-0.1, -0.05) is 39.0 Å². The van der Waals surface area contributed by atoms with Crippen LogP contribution in [0.2, 0.25) is 0 Å². The third-order valence-corrected chi connectivity index (χ3v) is 8.06. The van der Waals surface area contributed by atoms with Crippen molar-refractivity contribution in [3.8, 4) is 0 Å². The highest BCUT2D eigenvalue weighted by atomic mass is 16.6. The molecule has 0 unspecified atom stereocenters. The van der Waals surface area contributed by atoms with Crippen LogP contribution in [-0.2, 0) is 14.3 Å². The van der Waals surface area contributed by atoms with E-state index in [0.717, 1.165) is 18.5 Å². The van der Waals surface area contributed by atoms with E-state index in [0.29, 0.717) is 39.1 Å². The van der Waals surface area contributed by atoms with Gasteiger partial charge in [-0.25, -0.2) is 4.79 Å². The Hall–Kier alpha value is -2.77. The number of amides is 2. The third-order valence-electron chi connectivity index (χ3n) is 8.06. The Kier molecular flexibility index (Phi) is 6.29. The second-order valence-electron chi connectivity index (χ2n) is 11.1. The van der Waals surface area contributed by atoms with Crippen LogP contribution < -0.4 is 4.90 Å². The molecular formula is C26H37N3O5. The first kappa shape index (κ1) is 24.4. The topological polar surface area (TPSA) is 90.4 Å². The lowest BCUT2D eigenvalue weighted by atomic mass is 9.55. The van der Waals surface area contributed by atoms with Gasteiger partial charge in [-0.05, 0) is 49.1 Å². The number of hydrogen-bond donors (Lipinski definition) is 1. The molecule has 0 aromatic heterocycles. The molecule has 2 saturated heterocycles. The second kappa shape index (κ2) is 8.78. The fourth-order valence-corrected chi connectivity index (χ4v) is 5.88. The monoisotopic (exact) mass is 471 g/mol. The summed E-state index contributed by atoms with van der Waals surface area (Å²) in [7, 11) is 0. The minimum Gasteiger partial charge on any atom is -0.481 e. The number of piperazine rings is 1. The van der Waals surface area contributed by atoms with E-state index in [2.05, 4.69) is 4.90 Å². The average molecular weight is 472 g/mol. The summed E-state index contributed by atoms with van der Waals surface area (Å²) in [5, 5.41) is 10.7. The number of likely N-dealkylation sites (tertiary alicyclic amines) is 1. The average Bonchev–Trinajstić information content (AvgIpc) is 3.56. The minimum absolute atomic E-state index is 0.175. The number of aliphatic carboxylic acids is 1. The number of nitrogens with zero attached hydrogens (tertiary/aromatic N) is 3. The smallest absolute Gasteiger partial charge is 0.410 e. The zero-order valence-electron chi connectivity index (χ0n) is 20.7. The standard InChI is InChI=1S/C26H37N3O5/c1-5-34-23(33)29-18-25(11-12-25)17-26(22(31)32,24(2,3)4)20(29)21(30)28-15-13-27(14-16-28)19-9-7-6-8-10-19/h6-10,20H,5,11-18H2,1-4H3,(H,31,32)/t20-,26+/m1/s1.